The highest BCUT2D eigenvalue weighted by molar-refractivity contribution is 6.18. The number of aliphatic hydroxyl groups excluding tert-OH is 1. The molecule has 1 rings (SSSR count). The minimum Gasteiger partial charge on any atom is -0.390 e. The van der Waals surface area contributed by atoms with Gasteiger partial charge in [-0.2, -0.15) is 0 Å². The smallest absolute Gasteiger partial charge is 0.126 e. The predicted molar refractivity (Wildman–Crippen MR) is 54.8 cm³/mol. The third-order valence-electron chi connectivity index (χ3n) is 2.05. The Hall–Kier alpha value is -0.710. The van der Waals surface area contributed by atoms with Gasteiger partial charge in [-0.25, -0.2) is 8.78 Å². The number of hydrogen-bond acceptors (Lipinski definition) is 2. The monoisotopic (exact) mass is 235 g/mol. The SMILES string of the molecule is NC(Cc1cc(F)cc(F)c1)C(O)CCl. The van der Waals surface area contributed by atoms with E-state index in [1.165, 1.54) is 12.1 Å². The van der Waals surface area contributed by atoms with Crippen molar-refractivity contribution in [3.63, 3.8) is 0 Å². The van der Waals surface area contributed by atoms with Gasteiger partial charge in [0.05, 0.1) is 6.10 Å². The molecule has 0 spiro atoms. The van der Waals surface area contributed by atoms with E-state index in [-0.39, 0.29) is 12.3 Å². The van der Waals surface area contributed by atoms with E-state index in [2.05, 4.69) is 0 Å². The van der Waals surface area contributed by atoms with Crippen LogP contribution in [0.15, 0.2) is 18.2 Å². The van der Waals surface area contributed by atoms with E-state index >= 15 is 0 Å². The van der Waals surface area contributed by atoms with Gasteiger partial charge in [-0.1, -0.05) is 0 Å². The van der Waals surface area contributed by atoms with Crippen LogP contribution in [0.1, 0.15) is 5.56 Å². The highest BCUT2D eigenvalue weighted by Gasteiger charge is 2.14. The fraction of sp³-hybridized carbons (Fsp3) is 0.400. The van der Waals surface area contributed by atoms with Gasteiger partial charge in [0, 0.05) is 18.0 Å². The zero-order chi connectivity index (χ0) is 11.4. The van der Waals surface area contributed by atoms with Gasteiger partial charge in [0.2, 0.25) is 0 Å². The maximum atomic E-state index is 12.8. The maximum Gasteiger partial charge on any atom is 0.126 e. The Morgan fingerprint density at radius 2 is 1.80 bits per heavy atom. The van der Waals surface area contributed by atoms with Crippen molar-refractivity contribution in [1.29, 1.82) is 0 Å². The number of hydrogen-bond donors (Lipinski definition) is 2. The third-order valence-corrected chi connectivity index (χ3v) is 2.36. The fourth-order valence-electron chi connectivity index (χ4n) is 1.25. The zero-order valence-corrected chi connectivity index (χ0v) is 8.72. The molecule has 1 aromatic carbocycles. The second-order valence-electron chi connectivity index (χ2n) is 3.37. The van der Waals surface area contributed by atoms with Gasteiger partial charge in [0.1, 0.15) is 11.6 Å². The molecule has 15 heavy (non-hydrogen) atoms. The molecule has 0 fully saturated rings. The first kappa shape index (κ1) is 12.4. The van der Waals surface area contributed by atoms with Crippen LogP contribution in [0.4, 0.5) is 8.78 Å². The Labute approximate surface area is 91.7 Å². The summed E-state index contributed by atoms with van der Waals surface area (Å²) < 4.78 is 25.6. The third kappa shape index (κ3) is 3.74. The molecule has 2 nitrogen and oxygen atoms in total. The van der Waals surface area contributed by atoms with Crippen molar-refractivity contribution in [3.05, 3.63) is 35.4 Å². The quantitative estimate of drug-likeness (QED) is 0.776. The predicted octanol–water partition coefficient (Wildman–Crippen LogP) is 1.43. The Morgan fingerprint density at radius 3 is 2.27 bits per heavy atom. The van der Waals surface area contributed by atoms with Crippen LogP contribution in [0.2, 0.25) is 0 Å². The molecule has 5 heteroatoms. The summed E-state index contributed by atoms with van der Waals surface area (Å²) in [7, 11) is 0. The van der Waals surface area contributed by atoms with Crippen LogP contribution in [-0.4, -0.2) is 23.1 Å². The Balaban J connectivity index is 2.72. The second-order valence-corrected chi connectivity index (χ2v) is 3.68. The number of halogens is 3. The largest absolute Gasteiger partial charge is 0.390 e. The summed E-state index contributed by atoms with van der Waals surface area (Å²) >= 11 is 5.40. The van der Waals surface area contributed by atoms with Crippen molar-refractivity contribution >= 4 is 11.6 Å². The molecule has 0 amide bonds. The van der Waals surface area contributed by atoms with Gasteiger partial charge in [0.15, 0.2) is 0 Å². The van der Waals surface area contributed by atoms with Crippen LogP contribution >= 0.6 is 11.6 Å². The molecule has 1 aromatic rings. The van der Waals surface area contributed by atoms with E-state index in [9.17, 15) is 13.9 Å². The first-order valence-corrected chi connectivity index (χ1v) is 5.01. The molecule has 0 aromatic heterocycles. The van der Waals surface area contributed by atoms with Crippen LogP contribution in [0.25, 0.3) is 0 Å². The van der Waals surface area contributed by atoms with Crippen LogP contribution in [0.5, 0.6) is 0 Å². The molecule has 84 valence electrons. The summed E-state index contributed by atoms with van der Waals surface area (Å²) in [5.41, 5.74) is 5.99. The second kappa shape index (κ2) is 5.39. The lowest BCUT2D eigenvalue weighted by molar-refractivity contribution is 0.166. The van der Waals surface area contributed by atoms with E-state index in [1.54, 1.807) is 0 Å². The Bertz CT molecular complexity index is 315. The summed E-state index contributed by atoms with van der Waals surface area (Å²) in [6.07, 6.45) is -0.694. The van der Waals surface area contributed by atoms with Crippen molar-refractivity contribution in [2.75, 3.05) is 5.88 Å². The molecule has 0 bridgehead atoms. The summed E-state index contributed by atoms with van der Waals surface area (Å²) in [4.78, 5) is 0. The molecule has 0 aliphatic rings. The maximum absolute atomic E-state index is 12.8. The minimum atomic E-state index is -0.877. The van der Waals surface area contributed by atoms with Crippen molar-refractivity contribution in [1.82, 2.24) is 0 Å². The molecule has 0 saturated carbocycles. The van der Waals surface area contributed by atoms with E-state index < -0.39 is 23.8 Å². The van der Waals surface area contributed by atoms with Crippen LogP contribution in [0, 0.1) is 11.6 Å². The lowest BCUT2D eigenvalue weighted by atomic mass is 10.0. The summed E-state index contributed by atoms with van der Waals surface area (Å²) in [5, 5.41) is 9.28. The van der Waals surface area contributed by atoms with Crippen molar-refractivity contribution in [2.45, 2.75) is 18.6 Å². The van der Waals surface area contributed by atoms with Gasteiger partial charge >= 0.3 is 0 Å². The lowest BCUT2D eigenvalue weighted by Gasteiger charge is -2.16. The first-order chi connectivity index (χ1) is 7.02. The van der Waals surface area contributed by atoms with E-state index in [0.29, 0.717) is 5.56 Å². The molecular weight excluding hydrogens is 224 g/mol. The van der Waals surface area contributed by atoms with E-state index in [0.717, 1.165) is 6.07 Å². The number of nitrogens with two attached hydrogens (primary N) is 1. The van der Waals surface area contributed by atoms with Gasteiger partial charge in [-0.05, 0) is 24.1 Å². The Morgan fingerprint density at radius 1 is 1.27 bits per heavy atom. The summed E-state index contributed by atoms with van der Waals surface area (Å²) in [5.74, 6) is -1.31. The number of aliphatic hydroxyl groups is 1. The highest BCUT2D eigenvalue weighted by Crippen LogP contribution is 2.11. The minimum absolute atomic E-state index is 0.00103. The fourth-order valence-corrected chi connectivity index (χ4v) is 1.48. The average Bonchev–Trinajstić information content (AvgIpc) is 2.14. The van der Waals surface area contributed by atoms with E-state index in [1.807, 2.05) is 0 Å². The summed E-state index contributed by atoms with van der Waals surface area (Å²) in [6, 6.07) is 2.53. The van der Waals surface area contributed by atoms with Gasteiger partial charge < -0.3 is 10.8 Å². The molecule has 0 saturated heterocycles. The highest BCUT2D eigenvalue weighted by atomic mass is 35.5. The normalized spacial score (nSPS) is 15.0. The number of rotatable bonds is 4. The molecule has 0 aliphatic heterocycles. The molecule has 0 heterocycles. The summed E-state index contributed by atoms with van der Waals surface area (Å²) in [6.45, 7) is 0. The zero-order valence-electron chi connectivity index (χ0n) is 7.96. The van der Waals surface area contributed by atoms with Gasteiger partial charge in [-0.3, -0.25) is 0 Å². The number of alkyl halides is 1. The van der Waals surface area contributed by atoms with Crippen molar-refractivity contribution in [2.24, 2.45) is 5.73 Å². The molecule has 2 atom stereocenters. The van der Waals surface area contributed by atoms with Crippen LogP contribution in [0.3, 0.4) is 0 Å². The van der Waals surface area contributed by atoms with Crippen LogP contribution < -0.4 is 5.73 Å². The average molecular weight is 236 g/mol. The van der Waals surface area contributed by atoms with Gasteiger partial charge in [-0.15, -0.1) is 11.6 Å². The van der Waals surface area contributed by atoms with E-state index in [4.69, 9.17) is 17.3 Å². The molecule has 0 aliphatic carbocycles. The van der Waals surface area contributed by atoms with Crippen LogP contribution in [-0.2, 0) is 6.42 Å². The molecular formula is C10H12ClF2NO. The lowest BCUT2D eigenvalue weighted by Crippen LogP contribution is -2.37. The standard InChI is InChI=1S/C10H12ClF2NO/c11-5-10(15)9(14)3-6-1-7(12)4-8(13)2-6/h1-2,4,9-10,15H,3,5,14H2. The number of benzene rings is 1. The van der Waals surface area contributed by atoms with Crippen molar-refractivity contribution in [3.8, 4) is 0 Å². The molecule has 3 N–H and O–H groups in total. The Kier molecular flexibility index (Phi) is 4.45. The first-order valence-electron chi connectivity index (χ1n) is 4.47. The molecule has 2 unspecified atom stereocenters. The van der Waals surface area contributed by atoms with Crippen molar-refractivity contribution < 1.29 is 13.9 Å². The topological polar surface area (TPSA) is 46.2 Å². The molecule has 0 radical (unpaired) electrons. The van der Waals surface area contributed by atoms with Gasteiger partial charge in [0.25, 0.3) is 0 Å².